The Morgan fingerprint density at radius 1 is 1.19 bits per heavy atom. The summed E-state index contributed by atoms with van der Waals surface area (Å²) in [4.78, 5) is 36.4. The molecular formula is C23H32N6O3. The molecule has 1 aromatic heterocycles. The maximum atomic E-state index is 13.1. The average Bonchev–Trinajstić information content (AvgIpc) is 3.21. The Hall–Kier alpha value is -2.91. The number of methoxy groups -OCH3 is 1. The van der Waals surface area contributed by atoms with Crippen LogP contribution in [-0.2, 0) is 29.7 Å². The third kappa shape index (κ3) is 5.28. The van der Waals surface area contributed by atoms with E-state index in [9.17, 15) is 9.59 Å². The molecule has 2 aromatic rings. The van der Waals surface area contributed by atoms with E-state index < -0.39 is 6.04 Å². The first kappa shape index (κ1) is 22.3. The van der Waals surface area contributed by atoms with Crippen molar-refractivity contribution in [2.24, 2.45) is 7.05 Å². The van der Waals surface area contributed by atoms with Gasteiger partial charge in [0, 0.05) is 65.3 Å². The molecule has 0 spiro atoms. The van der Waals surface area contributed by atoms with Crippen molar-refractivity contribution in [1.82, 2.24) is 29.6 Å². The first-order valence-electron chi connectivity index (χ1n) is 11.1. The van der Waals surface area contributed by atoms with E-state index >= 15 is 0 Å². The number of ether oxygens (including phenoxy) is 1. The number of amides is 2. The van der Waals surface area contributed by atoms with Crippen LogP contribution in [0.4, 0.5) is 0 Å². The first-order chi connectivity index (χ1) is 15.5. The largest absolute Gasteiger partial charge is 0.497 e. The first-order valence-corrected chi connectivity index (χ1v) is 11.1. The normalized spacial score (nSPS) is 20.2. The minimum absolute atomic E-state index is 0.0410. The molecule has 3 heterocycles. The second kappa shape index (κ2) is 10.1. The van der Waals surface area contributed by atoms with E-state index in [0.29, 0.717) is 26.2 Å². The highest BCUT2D eigenvalue weighted by molar-refractivity contribution is 5.88. The minimum atomic E-state index is -0.451. The molecule has 2 amide bonds. The van der Waals surface area contributed by atoms with Gasteiger partial charge in [0.2, 0.25) is 11.8 Å². The number of nitrogens with one attached hydrogen (secondary N) is 1. The minimum Gasteiger partial charge on any atom is -0.497 e. The van der Waals surface area contributed by atoms with Gasteiger partial charge in [0.15, 0.2) is 0 Å². The van der Waals surface area contributed by atoms with Crippen molar-refractivity contribution in [1.29, 1.82) is 0 Å². The Morgan fingerprint density at radius 2 is 2.00 bits per heavy atom. The van der Waals surface area contributed by atoms with Gasteiger partial charge in [0.1, 0.15) is 11.6 Å². The molecule has 0 radical (unpaired) electrons. The van der Waals surface area contributed by atoms with Crippen LogP contribution in [0.15, 0.2) is 36.7 Å². The number of aryl methyl sites for hydroxylation is 1. The number of carbonyl (C=O) groups excluding carboxylic acids is 2. The molecule has 0 bridgehead atoms. The maximum Gasteiger partial charge on any atom is 0.237 e. The molecule has 32 heavy (non-hydrogen) atoms. The van der Waals surface area contributed by atoms with Gasteiger partial charge in [0.05, 0.1) is 26.1 Å². The lowest BCUT2D eigenvalue weighted by molar-refractivity contribution is -0.140. The number of rotatable bonds is 7. The van der Waals surface area contributed by atoms with Crippen LogP contribution in [0, 0.1) is 0 Å². The molecule has 1 unspecified atom stereocenters. The van der Waals surface area contributed by atoms with Gasteiger partial charge in [0.25, 0.3) is 0 Å². The zero-order valence-electron chi connectivity index (χ0n) is 18.9. The summed E-state index contributed by atoms with van der Waals surface area (Å²) in [6.07, 6.45) is 3.96. The predicted molar refractivity (Wildman–Crippen MR) is 120 cm³/mol. The SMILES string of the molecule is COc1cccc(CN2CCNC(=O)C2CC(=O)N2CCN(Cc3nccn3C)CC2)c1. The summed E-state index contributed by atoms with van der Waals surface area (Å²) < 4.78 is 7.34. The van der Waals surface area contributed by atoms with Crippen molar-refractivity contribution in [2.75, 3.05) is 46.4 Å². The van der Waals surface area contributed by atoms with Crippen molar-refractivity contribution >= 4 is 11.8 Å². The Balaban J connectivity index is 1.33. The van der Waals surface area contributed by atoms with Gasteiger partial charge in [-0.25, -0.2) is 4.98 Å². The zero-order valence-corrected chi connectivity index (χ0v) is 18.9. The van der Waals surface area contributed by atoms with Crippen LogP contribution in [0.3, 0.4) is 0 Å². The van der Waals surface area contributed by atoms with Gasteiger partial charge >= 0.3 is 0 Å². The Labute approximate surface area is 188 Å². The van der Waals surface area contributed by atoms with Crippen LogP contribution in [0.2, 0.25) is 0 Å². The Kier molecular flexibility index (Phi) is 7.06. The molecule has 9 nitrogen and oxygen atoms in total. The summed E-state index contributed by atoms with van der Waals surface area (Å²) >= 11 is 0. The summed E-state index contributed by atoms with van der Waals surface area (Å²) in [5.41, 5.74) is 1.07. The van der Waals surface area contributed by atoms with E-state index in [0.717, 1.165) is 43.3 Å². The molecule has 172 valence electrons. The fourth-order valence-electron chi connectivity index (χ4n) is 4.38. The molecule has 4 rings (SSSR count). The van der Waals surface area contributed by atoms with Crippen LogP contribution in [0.5, 0.6) is 5.75 Å². The summed E-state index contributed by atoms with van der Waals surface area (Å²) in [6.45, 7) is 5.68. The summed E-state index contributed by atoms with van der Waals surface area (Å²) in [5, 5.41) is 2.92. The number of piperazine rings is 2. The van der Waals surface area contributed by atoms with Crippen molar-refractivity contribution in [3.63, 3.8) is 0 Å². The van der Waals surface area contributed by atoms with Crippen LogP contribution >= 0.6 is 0 Å². The van der Waals surface area contributed by atoms with E-state index in [1.54, 1.807) is 7.11 Å². The summed E-state index contributed by atoms with van der Waals surface area (Å²) in [7, 11) is 3.64. The fourth-order valence-corrected chi connectivity index (χ4v) is 4.38. The zero-order chi connectivity index (χ0) is 22.5. The Bertz CT molecular complexity index is 937. The van der Waals surface area contributed by atoms with Crippen molar-refractivity contribution < 1.29 is 14.3 Å². The number of carbonyl (C=O) groups is 2. The lowest BCUT2D eigenvalue weighted by Crippen LogP contribution is -2.57. The number of aromatic nitrogens is 2. The topological polar surface area (TPSA) is 82.9 Å². The van der Waals surface area contributed by atoms with Crippen molar-refractivity contribution in [2.45, 2.75) is 25.6 Å². The van der Waals surface area contributed by atoms with E-state index in [-0.39, 0.29) is 18.2 Å². The van der Waals surface area contributed by atoms with Gasteiger partial charge in [-0.2, -0.15) is 0 Å². The van der Waals surface area contributed by atoms with Crippen LogP contribution in [0.1, 0.15) is 17.8 Å². The number of hydrogen-bond donors (Lipinski definition) is 1. The predicted octanol–water partition coefficient (Wildman–Crippen LogP) is 0.464. The molecule has 2 fully saturated rings. The molecule has 1 N–H and O–H groups in total. The molecule has 2 aliphatic heterocycles. The molecule has 1 aromatic carbocycles. The number of nitrogens with zero attached hydrogens (tertiary/aromatic N) is 5. The summed E-state index contributed by atoms with van der Waals surface area (Å²) in [6, 6.07) is 7.40. The monoisotopic (exact) mass is 440 g/mol. The third-order valence-corrected chi connectivity index (χ3v) is 6.34. The second-order valence-corrected chi connectivity index (χ2v) is 8.44. The van der Waals surface area contributed by atoms with Gasteiger partial charge in [-0.05, 0) is 17.7 Å². The highest BCUT2D eigenvalue weighted by Gasteiger charge is 2.33. The summed E-state index contributed by atoms with van der Waals surface area (Å²) in [5.74, 6) is 1.79. The molecule has 0 saturated carbocycles. The molecule has 2 saturated heterocycles. The standard InChI is InChI=1S/C23H32N6O3/c1-26-8-6-24-21(26)17-27-10-12-28(13-11-27)22(30)15-20-23(31)25-7-9-29(20)16-18-4-3-5-19(14-18)32-2/h3-6,8,14,20H,7,9-13,15-17H2,1-2H3,(H,25,31). The van der Waals surface area contributed by atoms with Crippen molar-refractivity contribution in [3.05, 3.63) is 48.0 Å². The highest BCUT2D eigenvalue weighted by Crippen LogP contribution is 2.19. The molecular weight excluding hydrogens is 408 g/mol. The third-order valence-electron chi connectivity index (χ3n) is 6.34. The fraction of sp³-hybridized carbons (Fsp3) is 0.522. The van der Waals surface area contributed by atoms with Crippen LogP contribution in [-0.4, -0.2) is 88.5 Å². The van der Waals surface area contributed by atoms with Gasteiger partial charge in [-0.1, -0.05) is 12.1 Å². The number of imidazole rings is 1. The van der Waals surface area contributed by atoms with E-state index in [2.05, 4.69) is 20.1 Å². The number of benzene rings is 1. The van der Waals surface area contributed by atoms with Crippen LogP contribution in [0.25, 0.3) is 0 Å². The second-order valence-electron chi connectivity index (χ2n) is 8.44. The van der Waals surface area contributed by atoms with Gasteiger partial charge in [-0.15, -0.1) is 0 Å². The quantitative estimate of drug-likeness (QED) is 0.674. The lowest BCUT2D eigenvalue weighted by Gasteiger charge is -2.38. The molecule has 0 aliphatic carbocycles. The van der Waals surface area contributed by atoms with Gasteiger partial charge < -0.3 is 19.5 Å². The molecule has 1 atom stereocenters. The number of hydrogen-bond acceptors (Lipinski definition) is 6. The maximum absolute atomic E-state index is 13.1. The van der Waals surface area contributed by atoms with Crippen molar-refractivity contribution in [3.8, 4) is 5.75 Å². The smallest absolute Gasteiger partial charge is 0.237 e. The van der Waals surface area contributed by atoms with E-state index in [4.69, 9.17) is 4.74 Å². The van der Waals surface area contributed by atoms with Gasteiger partial charge in [-0.3, -0.25) is 19.4 Å². The lowest BCUT2D eigenvalue weighted by atomic mass is 10.1. The Morgan fingerprint density at radius 3 is 2.72 bits per heavy atom. The van der Waals surface area contributed by atoms with E-state index in [1.165, 1.54) is 0 Å². The molecule has 2 aliphatic rings. The molecule has 9 heteroatoms. The van der Waals surface area contributed by atoms with Crippen LogP contribution < -0.4 is 10.1 Å². The average molecular weight is 441 g/mol. The van der Waals surface area contributed by atoms with E-state index in [1.807, 2.05) is 53.2 Å². The highest BCUT2D eigenvalue weighted by atomic mass is 16.5.